The van der Waals surface area contributed by atoms with Gasteiger partial charge < -0.3 is 19.8 Å². The van der Waals surface area contributed by atoms with Gasteiger partial charge in [-0.2, -0.15) is 0 Å². The first-order valence-corrected chi connectivity index (χ1v) is 14.0. The number of halogens is 2. The number of rotatable bonds is 10. The van der Waals surface area contributed by atoms with Gasteiger partial charge in [0.25, 0.3) is 0 Å². The van der Waals surface area contributed by atoms with Crippen LogP contribution in [-0.4, -0.2) is 41.7 Å². The zero-order chi connectivity index (χ0) is 27.9. The lowest BCUT2D eigenvalue weighted by Gasteiger charge is -2.35. The number of hydrogen-bond donors (Lipinski definition) is 2. The molecule has 2 heterocycles. The maximum atomic E-state index is 13.4. The number of carbonyl (C=O) groups excluding carboxylic acids is 1. The number of fused-ring (bicyclic) bond motifs is 3. The second kappa shape index (κ2) is 13.2. The van der Waals surface area contributed by atoms with Crippen LogP contribution in [0.3, 0.4) is 0 Å². The van der Waals surface area contributed by atoms with Crippen molar-refractivity contribution in [2.45, 2.75) is 45.7 Å². The van der Waals surface area contributed by atoms with Crippen LogP contribution in [0.5, 0.6) is 5.75 Å². The lowest BCUT2D eigenvalue weighted by Crippen LogP contribution is -2.42. The molecule has 8 heteroatoms. The van der Waals surface area contributed by atoms with Crippen LogP contribution in [0.25, 0.3) is 10.9 Å². The number of nitrogens with one attached hydrogen (secondary N) is 2. The highest BCUT2D eigenvalue weighted by Gasteiger charge is 2.35. The van der Waals surface area contributed by atoms with Crippen LogP contribution in [0.15, 0.2) is 78.6 Å². The topological polar surface area (TPSA) is 66.6 Å². The molecule has 1 unspecified atom stereocenters. The zero-order valence-corrected chi connectivity index (χ0v) is 24.1. The predicted octanol–water partition coefficient (Wildman–Crippen LogP) is 7.99. The molecule has 1 aliphatic heterocycles. The van der Waals surface area contributed by atoms with Crippen LogP contribution in [0.2, 0.25) is 10.0 Å². The number of ether oxygens (including phenoxy) is 2. The molecule has 1 aromatic heterocycles. The van der Waals surface area contributed by atoms with Gasteiger partial charge in [0.2, 0.25) is 0 Å². The summed E-state index contributed by atoms with van der Waals surface area (Å²) in [5.74, 6) is 1.17. The molecule has 2 N–H and O–H groups in total. The Morgan fingerprint density at radius 2 is 1.92 bits per heavy atom. The van der Waals surface area contributed by atoms with Gasteiger partial charge in [-0.25, -0.2) is 4.79 Å². The fourth-order valence-electron chi connectivity index (χ4n) is 4.67. The summed E-state index contributed by atoms with van der Waals surface area (Å²) in [7, 11) is 0. The number of amides is 1. The minimum absolute atomic E-state index is 0.426. The molecular formula is C31H35Cl2N3O3. The van der Waals surface area contributed by atoms with Gasteiger partial charge in [0, 0.05) is 39.2 Å². The minimum atomic E-state index is -0.459. The van der Waals surface area contributed by atoms with Crippen LogP contribution < -0.4 is 10.1 Å². The molecule has 0 spiro atoms. The SMILES string of the molecule is C=C(/C=C\C(=C/C)OCCCNC(C)C)C1c2[nH]c3ccc(Cl)cc3c2CCN1C(=O)Oc1ccc(Cl)cc1. The summed E-state index contributed by atoms with van der Waals surface area (Å²) < 4.78 is 11.7. The third kappa shape index (κ3) is 7.27. The molecule has 4 rings (SSSR count). The summed E-state index contributed by atoms with van der Waals surface area (Å²) in [6.45, 7) is 12.5. The largest absolute Gasteiger partial charge is 0.494 e. The Morgan fingerprint density at radius 3 is 2.64 bits per heavy atom. The van der Waals surface area contributed by atoms with Gasteiger partial charge in [-0.05, 0) is 92.1 Å². The van der Waals surface area contributed by atoms with Crippen molar-refractivity contribution >= 4 is 40.2 Å². The lowest BCUT2D eigenvalue weighted by atomic mass is 9.93. The van der Waals surface area contributed by atoms with E-state index < -0.39 is 12.1 Å². The highest BCUT2D eigenvalue weighted by Crippen LogP contribution is 2.39. The highest BCUT2D eigenvalue weighted by atomic mass is 35.5. The first-order valence-electron chi connectivity index (χ1n) is 13.2. The number of H-pyrrole nitrogens is 1. The van der Waals surface area contributed by atoms with E-state index in [1.807, 2.05) is 43.4 Å². The number of allylic oxidation sites excluding steroid dienone is 2. The molecule has 206 valence electrons. The van der Waals surface area contributed by atoms with Crippen molar-refractivity contribution in [3.63, 3.8) is 0 Å². The summed E-state index contributed by atoms with van der Waals surface area (Å²) in [6, 6.07) is 12.5. The van der Waals surface area contributed by atoms with E-state index in [9.17, 15) is 4.79 Å². The molecular weight excluding hydrogens is 533 g/mol. The molecule has 1 atom stereocenters. The maximum Gasteiger partial charge on any atom is 0.416 e. The van der Waals surface area contributed by atoms with E-state index >= 15 is 0 Å². The number of aromatic nitrogens is 1. The number of nitrogens with zero attached hydrogens (tertiary/aromatic N) is 1. The second-order valence-corrected chi connectivity index (χ2v) is 10.7. The van der Waals surface area contributed by atoms with Crippen molar-refractivity contribution in [3.05, 3.63) is 99.9 Å². The van der Waals surface area contributed by atoms with Gasteiger partial charge in [0.15, 0.2) is 0 Å². The van der Waals surface area contributed by atoms with Crippen molar-refractivity contribution in [3.8, 4) is 5.75 Å². The molecule has 2 aromatic carbocycles. The normalized spacial score (nSPS) is 15.7. The predicted molar refractivity (Wildman–Crippen MR) is 160 cm³/mol. The average Bonchev–Trinajstić information content (AvgIpc) is 3.28. The van der Waals surface area contributed by atoms with E-state index in [1.54, 1.807) is 29.2 Å². The first kappa shape index (κ1) is 28.8. The van der Waals surface area contributed by atoms with E-state index in [0.717, 1.165) is 46.5 Å². The quantitative estimate of drug-likeness (QED) is 0.148. The highest BCUT2D eigenvalue weighted by molar-refractivity contribution is 6.31. The lowest BCUT2D eigenvalue weighted by molar-refractivity contribution is 0.135. The van der Waals surface area contributed by atoms with Gasteiger partial charge in [-0.15, -0.1) is 0 Å². The van der Waals surface area contributed by atoms with E-state index in [4.69, 9.17) is 32.7 Å². The first-order chi connectivity index (χ1) is 18.8. The van der Waals surface area contributed by atoms with Crippen LogP contribution in [0.1, 0.15) is 44.5 Å². The van der Waals surface area contributed by atoms with Crippen LogP contribution in [0.4, 0.5) is 4.79 Å². The molecule has 0 fully saturated rings. The van der Waals surface area contributed by atoms with Gasteiger partial charge in [0.1, 0.15) is 17.6 Å². The van der Waals surface area contributed by atoms with Gasteiger partial charge in [-0.3, -0.25) is 4.90 Å². The number of carbonyl (C=O) groups is 1. The molecule has 0 aliphatic carbocycles. The summed E-state index contributed by atoms with van der Waals surface area (Å²) in [5.41, 5.74) is 3.73. The molecule has 0 bridgehead atoms. The standard InChI is InChI=1S/C31H35Cl2N3O3/c1-5-24(38-18-6-16-34-20(2)3)11-7-21(4)30-29-26(27-19-23(33)10-14-28(27)35-29)15-17-36(30)31(37)39-25-12-8-22(32)9-13-25/h5,7-14,19-20,30,34-35H,4,6,15-18H2,1-3H3/b11-7-,24-5+. The van der Waals surface area contributed by atoms with Gasteiger partial charge in [-0.1, -0.05) is 49.7 Å². The number of aromatic amines is 1. The van der Waals surface area contributed by atoms with Crippen molar-refractivity contribution in [1.82, 2.24) is 15.2 Å². The third-order valence-electron chi connectivity index (χ3n) is 6.58. The summed E-state index contributed by atoms with van der Waals surface area (Å²) in [4.78, 5) is 18.6. The molecule has 1 aliphatic rings. The van der Waals surface area contributed by atoms with E-state index in [-0.39, 0.29) is 0 Å². The fourth-order valence-corrected chi connectivity index (χ4v) is 4.96. The van der Waals surface area contributed by atoms with Crippen molar-refractivity contribution in [1.29, 1.82) is 0 Å². The second-order valence-electron chi connectivity index (χ2n) is 9.79. The van der Waals surface area contributed by atoms with E-state index in [2.05, 4.69) is 30.7 Å². The zero-order valence-electron chi connectivity index (χ0n) is 22.6. The Kier molecular flexibility index (Phi) is 9.78. The molecule has 0 saturated heterocycles. The Bertz CT molecular complexity index is 1380. The smallest absolute Gasteiger partial charge is 0.416 e. The Labute approximate surface area is 240 Å². The van der Waals surface area contributed by atoms with Crippen LogP contribution in [-0.2, 0) is 11.2 Å². The molecule has 3 aromatic rings. The Morgan fingerprint density at radius 1 is 1.18 bits per heavy atom. The van der Waals surface area contributed by atoms with Crippen LogP contribution in [0, 0.1) is 0 Å². The van der Waals surface area contributed by atoms with Crippen molar-refractivity contribution in [2.24, 2.45) is 0 Å². The summed E-state index contributed by atoms with van der Waals surface area (Å²) in [5, 5.41) is 5.69. The van der Waals surface area contributed by atoms with E-state index in [1.165, 1.54) is 0 Å². The fraction of sp³-hybridized carbons (Fsp3) is 0.323. The summed E-state index contributed by atoms with van der Waals surface area (Å²) >= 11 is 12.3. The molecule has 39 heavy (non-hydrogen) atoms. The molecule has 1 amide bonds. The van der Waals surface area contributed by atoms with E-state index in [0.29, 0.717) is 41.4 Å². The van der Waals surface area contributed by atoms with Crippen molar-refractivity contribution in [2.75, 3.05) is 19.7 Å². The number of benzene rings is 2. The minimum Gasteiger partial charge on any atom is -0.494 e. The number of hydrogen-bond acceptors (Lipinski definition) is 4. The van der Waals surface area contributed by atoms with Gasteiger partial charge in [0.05, 0.1) is 6.61 Å². The average molecular weight is 569 g/mol. The summed E-state index contributed by atoms with van der Waals surface area (Å²) in [6.07, 6.45) is 6.82. The molecule has 0 saturated carbocycles. The van der Waals surface area contributed by atoms with Crippen LogP contribution >= 0.6 is 23.2 Å². The van der Waals surface area contributed by atoms with Gasteiger partial charge >= 0.3 is 6.09 Å². The Balaban J connectivity index is 1.57. The monoisotopic (exact) mass is 567 g/mol. The van der Waals surface area contributed by atoms with Crippen molar-refractivity contribution < 1.29 is 14.3 Å². The molecule has 6 nitrogen and oxygen atoms in total. The molecule has 0 radical (unpaired) electrons. The maximum absolute atomic E-state index is 13.4. The third-order valence-corrected chi connectivity index (χ3v) is 7.07. The Hall–Kier alpha value is -3.19.